The molecule has 2 amide bonds. The standard InChI is InChI=1S/C15H14N4O3/c20-13-7-6-12(16-17-13)15(22)18-8-9-19(14(21)10-18)11-4-2-1-3-5-11/h1-7H,8-10H2,(H,17,20). The average Bonchev–Trinajstić information content (AvgIpc) is 2.55. The molecule has 2 aromatic rings. The largest absolute Gasteiger partial charge is 0.326 e. The van der Waals surface area contributed by atoms with Crippen LogP contribution in [0.3, 0.4) is 0 Å². The lowest BCUT2D eigenvalue weighted by Gasteiger charge is -2.34. The topological polar surface area (TPSA) is 86.4 Å². The molecule has 0 unspecified atom stereocenters. The molecule has 1 aromatic carbocycles. The van der Waals surface area contributed by atoms with E-state index in [4.69, 9.17) is 0 Å². The van der Waals surface area contributed by atoms with Gasteiger partial charge in [-0.15, -0.1) is 0 Å². The normalized spacial score (nSPS) is 15.0. The number of benzene rings is 1. The minimum atomic E-state index is -0.374. The summed E-state index contributed by atoms with van der Waals surface area (Å²) in [5.41, 5.74) is 0.573. The first kappa shape index (κ1) is 14.0. The van der Waals surface area contributed by atoms with Crippen LogP contribution in [0.25, 0.3) is 0 Å². The minimum absolute atomic E-state index is 0.00542. The summed E-state index contributed by atoms with van der Waals surface area (Å²) in [5.74, 6) is -0.507. The fraction of sp³-hybridized carbons (Fsp3) is 0.200. The van der Waals surface area contributed by atoms with Crippen LogP contribution in [0, 0.1) is 0 Å². The van der Waals surface area contributed by atoms with Crippen molar-refractivity contribution in [1.29, 1.82) is 0 Å². The minimum Gasteiger partial charge on any atom is -0.326 e. The first-order chi connectivity index (χ1) is 10.6. The molecule has 1 saturated heterocycles. The summed E-state index contributed by atoms with van der Waals surface area (Å²) < 4.78 is 0. The molecule has 2 heterocycles. The SMILES string of the molecule is O=C(c1ccc(=O)[nH]n1)N1CCN(c2ccccc2)C(=O)C1. The van der Waals surface area contributed by atoms with Crippen LogP contribution in [-0.2, 0) is 4.79 Å². The van der Waals surface area contributed by atoms with Gasteiger partial charge < -0.3 is 9.80 Å². The number of H-pyrrole nitrogens is 1. The van der Waals surface area contributed by atoms with Crippen molar-refractivity contribution >= 4 is 17.5 Å². The highest BCUT2D eigenvalue weighted by Crippen LogP contribution is 2.17. The third-order valence-corrected chi connectivity index (χ3v) is 3.47. The molecule has 22 heavy (non-hydrogen) atoms. The van der Waals surface area contributed by atoms with Gasteiger partial charge in [-0.3, -0.25) is 14.4 Å². The number of amides is 2. The maximum atomic E-state index is 12.3. The van der Waals surface area contributed by atoms with Crippen LogP contribution in [0.2, 0.25) is 0 Å². The number of nitrogens with zero attached hydrogens (tertiary/aromatic N) is 3. The van der Waals surface area contributed by atoms with E-state index in [0.717, 1.165) is 5.69 Å². The van der Waals surface area contributed by atoms with Crippen LogP contribution >= 0.6 is 0 Å². The number of para-hydroxylation sites is 1. The Labute approximate surface area is 126 Å². The molecular weight excluding hydrogens is 284 g/mol. The maximum absolute atomic E-state index is 12.3. The van der Waals surface area contributed by atoms with Crippen molar-refractivity contribution in [3.8, 4) is 0 Å². The number of aromatic amines is 1. The number of hydrogen-bond donors (Lipinski definition) is 1. The van der Waals surface area contributed by atoms with Crippen molar-refractivity contribution in [2.45, 2.75) is 0 Å². The Kier molecular flexibility index (Phi) is 3.69. The second-order valence-electron chi connectivity index (χ2n) is 4.91. The summed E-state index contributed by atoms with van der Waals surface area (Å²) in [4.78, 5) is 38.6. The summed E-state index contributed by atoms with van der Waals surface area (Å²) in [6.07, 6.45) is 0. The number of anilines is 1. The van der Waals surface area contributed by atoms with Crippen LogP contribution < -0.4 is 10.5 Å². The van der Waals surface area contributed by atoms with Gasteiger partial charge in [0.05, 0.1) is 0 Å². The quantitative estimate of drug-likeness (QED) is 0.861. The molecule has 0 bridgehead atoms. The summed E-state index contributed by atoms with van der Waals surface area (Å²) in [6.45, 7) is 0.840. The molecule has 1 aliphatic rings. The van der Waals surface area contributed by atoms with Gasteiger partial charge >= 0.3 is 0 Å². The Morgan fingerprint density at radius 2 is 1.82 bits per heavy atom. The van der Waals surface area contributed by atoms with Gasteiger partial charge in [-0.25, -0.2) is 5.10 Å². The predicted molar refractivity (Wildman–Crippen MR) is 79.6 cm³/mol. The fourth-order valence-corrected chi connectivity index (χ4v) is 2.35. The molecule has 1 aromatic heterocycles. The van der Waals surface area contributed by atoms with Gasteiger partial charge in [0.1, 0.15) is 12.2 Å². The molecule has 1 N–H and O–H groups in total. The summed E-state index contributed by atoms with van der Waals surface area (Å²) >= 11 is 0. The zero-order valence-electron chi connectivity index (χ0n) is 11.7. The van der Waals surface area contributed by atoms with Crippen LogP contribution in [0.5, 0.6) is 0 Å². The zero-order valence-corrected chi connectivity index (χ0v) is 11.7. The van der Waals surface area contributed by atoms with Gasteiger partial charge in [-0.05, 0) is 18.2 Å². The monoisotopic (exact) mass is 298 g/mol. The Hall–Kier alpha value is -2.96. The average molecular weight is 298 g/mol. The van der Waals surface area contributed by atoms with Crippen molar-refractivity contribution in [3.05, 3.63) is 58.5 Å². The molecule has 0 radical (unpaired) electrons. The lowest BCUT2D eigenvalue weighted by molar-refractivity contribution is -0.120. The van der Waals surface area contributed by atoms with Crippen LogP contribution in [0.4, 0.5) is 5.69 Å². The van der Waals surface area contributed by atoms with Crippen LogP contribution in [-0.4, -0.2) is 46.5 Å². The van der Waals surface area contributed by atoms with E-state index in [1.54, 1.807) is 4.90 Å². The van der Waals surface area contributed by atoms with E-state index >= 15 is 0 Å². The number of aromatic nitrogens is 2. The second-order valence-corrected chi connectivity index (χ2v) is 4.91. The Morgan fingerprint density at radius 3 is 2.45 bits per heavy atom. The lowest BCUT2D eigenvalue weighted by Crippen LogP contribution is -2.52. The highest BCUT2D eigenvalue weighted by atomic mass is 16.2. The second kappa shape index (κ2) is 5.80. The van der Waals surface area contributed by atoms with E-state index in [9.17, 15) is 14.4 Å². The van der Waals surface area contributed by atoms with Gasteiger partial charge in [-0.2, -0.15) is 5.10 Å². The van der Waals surface area contributed by atoms with E-state index in [-0.39, 0.29) is 29.6 Å². The molecule has 0 atom stereocenters. The number of piperazine rings is 1. The Bertz CT molecular complexity index is 736. The van der Waals surface area contributed by atoms with Crippen molar-refractivity contribution in [1.82, 2.24) is 15.1 Å². The van der Waals surface area contributed by atoms with E-state index in [1.807, 2.05) is 30.3 Å². The number of hydrogen-bond acceptors (Lipinski definition) is 4. The molecular formula is C15H14N4O3. The van der Waals surface area contributed by atoms with Gasteiger partial charge in [0.2, 0.25) is 5.91 Å². The van der Waals surface area contributed by atoms with Gasteiger partial charge in [0.25, 0.3) is 11.5 Å². The molecule has 3 rings (SSSR count). The van der Waals surface area contributed by atoms with Gasteiger partial charge in [-0.1, -0.05) is 18.2 Å². The van der Waals surface area contributed by atoms with E-state index in [2.05, 4.69) is 10.2 Å². The van der Waals surface area contributed by atoms with Gasteiger partial charge in [0, 0.05) is 24.8 Å². The number of rotatable bonds is 2. The molecule has 0 saturated carbocycles. The summed E-state index contributed by atoms with van der Waals surface area (Å²) in [7, 11) is 0. The van der Waals surface area contributed by atoms with Crippen LogP contribution in [0.1, 0.15) is 10.5 Å². The van der Waals surface area contributed by atoms with Crippen molar-refractivity contribution in [3.63, 3.8) is 0 Å². The smallest absolute Gasteiger partial charge is 0.274 e. The Balaban J connectivity index is 1.72. The summed E-state index contributed by atoms with van der Waals surface area (Å²) in [5, 5.41) is 5.92. The molecule has 0 aliphatic carbocycles. The van der Waals surface area contributed by atoms with E-state index in [0.29, 0.717) is 13.1 Å². The first-order valence-electron chi connectivity index (χ1n) is 6.85. The highest BCUT2D eigenvalue weighted by Gasteiger charge is 2.29. The molecule has 112 valence electrons. The Morgan fingerprint density at radius 1 is 1.05 bits per heavy atom. The van der Waals surface area contributed by atoms with Crippen LogP contribution in [0.15, 0.2) is 47.3 Å². The third kappa shape index (κ3) is 2.73. The summed E-state index contributed by atoms with van der Waals surface area (Å²) in [6, 6.07) is 11.9. The van der Waals surface area contributed by atoms with Gasteiger partial charge in [0.15, 0.2) is 0 Å². The highest BCUT2D eigenvalue weighted by molar-refractivity contribution is 6.00. The molecule has 0 spiro atoms. The lowest BCUT2D eigenvalue weighted by atomic mass is 10.2. The number of carbonyl (C=O) groups is 2. The molecule has 7 nitrogen and oxygen atoms in total. The van der Waals surface area contributed by atoms with Crippen molar-refractivity contribution in [2.75, 3.05) is 24.5 Å². The fourth-order valence-electron chi connectivity index (χ4n) is 2.35. The van der Waals surface area contributed by atoms with E-state index in [1.165, 1.54) is 17.0 Å². The molecule has 1 fully saturated rings. The maximum Gasteiger partial charge on any atom is 0.274 e. The first-order valence-corrected chi connectivity index (χ1v) is 6.85. The van der Waals surface area contributed by atoms with Crippen molar-refractivity contribution < 1.29 is 9.59 Å². The predicted octanol–water partition coefficient (Wildman–Crippen LogP) is 0.259. The molecule has 7 heteroatoms. The zero-order chi connectivity index (χ0) is 15.5. The number of nitrogens with one attached hydrogen (secondary N) is 1. The van der Waals surface area contributed by atoms with Crippen molar-refractivity contribution in [2.24, 2.45) is 0 Å². The number of carbonyl (C=O) groups excluding carboxylic acids is 2. The van der Waals surface area contributed by atoms with E-state index < -0.39 is 0 Å². The molecule has 1 aliphatic heterocycles. The third-order valence-electron chi connectivity index (χ3n) is 3.47.